The molecule has 0 aliphatic heterocycles. The van der Waals surface area contributed by atoms with Crippen LogP contribution in [-0.4, -0.2) is 15.8 Å². The Morgan fingerprint density at radius 2 is 2.00 bits per heavy atom. The van der Waals surface area contributed by atoms with E-state index in [2.05, 4.69) is 9.97 Å². The van der Waals surface area contributed by atoms with Crippen molar-refractivity contribution in [2.24, 2.45) is 0 Å². The largest absolute Gasteiger partial charge is 0.287 e. The molecule has 0 saturated carbocycles. The van der Waals surface area contributed by atoms with Crippen LogP contribution >= 0.6 is 11.3 Å². The van der Waals surface area contributed by atoms with Crippen LogP contribution in [0.3, 0.4) is 0 Å². The Bertz CT molecular complexity index is 671. The summed E-state index contributed by atoms with van der Waals surface area (Å²) >= 11 is 1.42. The fourth-order valence-electron chi connectivity index (χ4n) is 1.75. The average molecular weight is 240 g/mol. The number of fused-ring (bicyclic) bond motifs is 1. The topological polar surface area (TPSA) is 42.9 Å². The summed E-state index contributed by atoms with van der Waals surface area (Å²) in [4.78, 5) is 20.5. The van der Waals surface area contributed by atoms with Crippen LogP contribution in [0.25, 0.3) is 10.9 Å². The normalized spacial score (nSPS) is 10.6. The van der Waals surface area contributed by atoms with Gasteiger partial charge in [0.25, 0.3) is 0 Å². The molecule has 2 aromatic heterocycles. The van der Waals surface area contributed by atoms with Crippen molar-refractivity contribution in [3.8, 4) is 0 Å². The van der Waals surface area contributed by atoms with E-state index in [9.17, 15) is 4.79 Å². The Labute approximate surface area is 102 Å². The summed E-state index contributed by atoms with van der Waals surface area (Å²) in [7, 11) is 0. The Balaban J connectivity index is 2.21. The second-order valence-electron chi connectivity index (χ2n) is 3.58. The zero-order chi connectivity index (χ0) is 11.7. The van der Waals surface area contributed by atoms with E-state index in [0.29, 0.717) is 11.3 Å². The first-order valence-electron chi connectivity index (χ1n) is 5.13. The van der Waals surface area contributed by atoms with Gasteiger partial charge in [-0.2, -0.15) is 0 Å². The molecule has 0 bridgehead atoms. The SMILES string of the molecule is O=C(c1cscn1)c1cccc2cccnc12. The highest BCUT2D eigenvalue weighted by Crippen LogP contribution is 2.19. The number of nitrogens with zero attached hydrogens (tertiary/aromatic N) is 2. The minimum absolute atomic E-state index is 0.0736. The molecule has 0 spiro atoms. The molecular formula is C13H8N2OS. The van der Waals surface area contributed by atoms with Gasteiger partial charge in [0.05, 0.1) is 16.6 Å². The van der Waals surface area contributed by atoms with E-state index in [1.807, 2.05) is 24.3 Å². The first kappa shape index (κ1) is 10.1. The zero-order valence-electron chi connectivity index (χ0n) is 8.83. The molecule has 0 N–H and O–H groups in total. The highest BCUT2D eigenvalue weighted by Gasteiger charge is 2.14. The molecule has 3 rings (SSSR count). The summed E-state index contributed by atoms with van der Waals surface area (Å²) in [6, 6.07) is 9.40. The molecule has 0 aliphatic rings. The number of ketones is 1. The lowest BCUT2D eigenvalue weighted by Crippen LogP contribution is -2.03. The standard InChI is InChI=1S/C13H8N2OS/c16-13(11-7-17-8-15-11)10-5-1-3-9-4-2-6-14-12(9)10/h1-8H. The van der Waals surface area contributed by atoms with Gasteiger partial charge in [-0.3, -0.25) is 9.78 Å². The van der Waals surface area contributed by atoms with Crippen molar-refractivity contribution < 1.29 is 4.79 Å². The quantitative estimate of drug-likeness (QED) is 0.647. The average Bonchev–Trinajstić information content (AvgIpc) is 2.91. The van der Waals surface area contributed by atoms with Gasteiger partial charge in [-0.15, -0.1) is 11.3 Å². The molecule has 0 amide bonds. The fraction of sp³-hybridized carbons (Fsp3) is 0. The summed E-state index contributed by atoms with van der Waals surface area (Å²) in [6.07, 6.45) is 1.69. The van der Waals surface area contributed by atoms with Gasteiger partial charge in [0.2, 0.25) is 5.78 Å². The van der Waals surface area contributed by atoms with Crippen molar-refractivity contribution in [1.29, 1.82) is 0 Å². The van der Waals surface area contributed by atoms with Gasteiger partial charge >= 0.3 is 0 Å². The van der Waals surface area contributed by atoms with Crippen LogP contribution < -0.4 is 0 Å². The molecule has 3 nitrogen and oxygen atoms in total. The number of rotatable bonds is 2. The number of pyridine rings is 1. The van der Waals surface area contributed by atoms with E-state index in [4.69, 9.17) is 0 Å². The number of hydrogen-bond donors (Lipinski definition) is 0. The molecule has 1 aromatic carbocycles. The van der Waals surface area contributed by atoms with Crippen molar-refractivity contribution in [1.82, 2.24) is 9.97 Å². The summed E-state index contributed by atoms with van der Waals surface area (Å²) in [5.41, 5.74) is 3.47. The molecule has 0 radical (unpaired) electrons. The second kappa shape index (κ2) is 4.07. The third-order valence-corrected chi connectivity index (χ3v) is 3.13. The predicted molar refractivity (Wildman–Crippen MR) is 67.3 cm³/mol. The number of benzene rings is 1. The smallest absolute Gasteiger partial charge is 0.214 e. The van der Waals surface area contributed by atoms with Crippen LogP contribution in [0.2, 0.25) is 0 Å². The molecule has 0 atom stereocenters. The van der Waals surface area contributed by atoms with Gasteiger partial charge in [-0.05, 0) is 12.1 Å². The van der Waals surface area contributed by atoms with Crippen molar-refractivity contribution in [3.05, 3.63) is 58.7 Å². The molecule has 3 aromatic rings. The maximum Gasteiger partial charge on any atom is 0.214 e. The number of para-hydroxylation sites is 1. The highest BCUT2D eigenvalue weighted by molar-refractivity contribution is 7.07. The summed E-state index contributed by atoms with van der Waals surface area (Å²) in [5.74, 6) is -0.0736. The van der Waals surface area contributed by atoms with Crippen LogP contribution in [0, 0.1) is 0 Å². The van der Waals surface area contributed by atoms with Crippen LogP contribution in [0.5, 0.6) is 0 Å². The number of carbonyl (C=O) groups excluding carboxylic acids is 1. The van der Waals surface area contributed by atoms with Crippen LogP contribution in [0.4, 0.5) is 0 Å². The van der Waals surface area contributed by atoms with Gasteiger partial charge in [-0.25, -0.2) is 4.98 Å². The Morgan fingerprint density at radius 3 is 2.82 bits per heavy atom. The monoisotopic (exact) mass is 240 g/mol. The van der Waals surface area contributed by atoms with Gasteiger partial charge in [0.15, 0.2) is 0 Å². The number of carbonyl (C=O) groups is 1. The molecule has 0 aliphatic carbocycles. The third kappa shape index (κ3) is 1.72. The molecule has 2 heterocycles. The molecule has 0 unspecified atom stereocenters. The molecule has 82 valence electrons. The third-order valence-electron chi connectivity index (χ3n) is 2.54. The van der Waals surface area contributed by atoms with E-state index < -0.39 is 0 Å². The van der Waals surface area contributed by atoms with Gasteiger partial charge in [0.1, 0.15) is 5.69 Å². The van der Waals surface area contributed by atoms with E-state index in [1.165, 1.54) is 11.3 Å². The Hall–Kier alpha value is -2.07. The summed E-state index contributed by atoms with van der Waals surface area (Å²) in [5, 5.41) is 2.72. The first-order valence-corrected chi connectivity index (χ1v) is 6.07. The predicted octanol–water partition coefficient (Wildman–Crippen LogP) is 2.92. The molecule has 17 heavy (non-hydrogen) atoms. The number of thiazole rings is 1. The van der Waals surface area contributed by atoms with Gasteiger partial charge in [0, 0.05) is 17.0 Å². The molecule has 0 fully saturated rings. The zero-order valence-corrected chi connectivity index (χ0v) is 9.65. The van der Waals surface area contributed by atoms with Crippen molar-refractivity contribution in [2.75, 3.05) is 0 Å². The Morgan fingerprint density at radius 1 is 1.12 bits per heavy atom. The first-order chi connectivity index (χ1) is 8.36. The van der Waals surface area contributed by atoms with E-state index >= 15 is 0 Å². The fourth-order valence-corrected chi connectivity index (χ4v) is 2.28. The number of hydrogen-bond acceptors (Lipinski definition) is 4. The molecule has 4 heteroatoms. The van der Waals surface area contributed by atoms with Crippen LogP contribution in [0.1, 0.15) is 16.1 Å². The van der Waals surface area contributed by atoms with Crippen molar-refractivity contribution in [2.45, 2.75) is 0 Å². The molecule has 0 saturated heterocycles. The van der Waals surface area contributed by atoms with Crippen LogP contribution in [0.15, 0.2) is 47.4 Å². The maximum absolute atomic E-state index is 12.2. The molecular weight excluding hydrogens is 232 g/mol. The lowest BCUT2D eigenvalue weighted by molar-refractivity contribution is 0.103. The minimum Gasteiger partial charge on any atom is -0.287 e. The van der Waals surface area contributed by atoms with Gasteiger partial charge in [-0.1, -0.05) is 18.2 Å². The van der Waals surface area contributed by atoms with Crippen molar-refractivity contribution in [3.63, 3.8) is 0 Å². The van der Waals surface area contributed by atoms with Crippen LogP contribution in [-0.2, 0) is 0 Å². The van der Waals surface area contributed by atoms with E-state index in [0.717, 1.165) is 10.9 Å². The highest BCUT2D eigenvalue weighted by atomic mass is 32.1. The summed E-state index contributed by atoms with van der Waals surface area (Å²) in [6.45, 7) is 0. The maximum atomic E-state index is 12.2. The van der Waals surface area contributed by atoms with E-state index in [1.54, 1.807) is 23.2 Å². The number of aromatic nitrogens is 2. The summed E-state index contributed by atoms with van der Waals surface area (Å²) < 4.78 is 0. The second-order valence-corrected chi connectivity index (χ2v) is 4.30. The van der Waals surface area contributed by atoms with Crippen molar-refractivity contribution >= 4 is 28.0 Å². The Kier molecular flexibility index (Phi) is 2.42. The minimum atomic E-state index is -0.0736. The van der Waals surface area contributed by atoms with E-state index in [-0.39, 0.29) is 5.78 Å². The van der Waals surface area contributed by atoms with Gasteiger partial charge < -0.3 is 0 Å². The lowest BCUT2D eigenvalue weighted by Gasteiger charge is -2.02. The lowest BCUT2D eigenvalue weighted by atomic mass is 10.0.